The second-order valence-electron chi connectivity index (χ2n) is 6.23. The molecule has 25 heavy (non-hydrogen) atoms. The van der Waals surface area contributed by atoms with Crippen LogP contribution in [0.4, 0.5) is 0 Å². The van der Waals surface area contributed by atoms with Gasteiger partial charge in [0, 0.05) is 37.9 Å². The van der Waals surface area contributed by atoms with Crippen LogP contribution in [-0.2, 0) is 21.5 Å². The van der Waals surface area contributed by atoms with Crippen LogP contribution in [0.2, 0.25) is 0 Å². The van der Waals surface area contributed by atoms with Gasteiger partial charge < -0.3 is 9.72 Å². The minimum absolute atomic E-state index is 0.0460. The summed E-state index contributed by atoms with van der Waals surface area (Å²) >= 11 is 0. The summed E-state index contributed by atoms with van der Waals surface area (Å²) in [5.41, 5.74) is 2.74. The van der Waals surface area contributed by atoms with Crippen LogP contribution in [0.5, 0.6) is 0 Å². The van der Waals surface area contributed by atoms with E-state index in [2.05, 4.69) is 15.0 Å². The molecule has 1 fully saturated rings. The molecule has 1 aliphatic rings. The summed E-state index contributed by atoms with van der Waals surface area (Å²) in [4.78, 5) is 16.8. The normalized spacial score (nSPS) is 17.0. The van der Waals surface area contributed by atoms with E-state index < -0.39 is 10.2 Å². The first-order valence-electron chi connectivity index (χ1n) is 8.30. The minimum atomic E-state index is -3.41. The molecule has 2 aromatic heterocycles. The van der Waals surface area contributed by atoms with Crippen LogP contribution in [0.1, 0.15) is 24.2 Å². The van der Waals surface area contributed by atoms with Gasteiger partial charge in [0.15, 0.2) is 0 Å². The summed E-state index contributed by atoms with van der Waals surface area (Å²) in [6.07, 6.45) is 2.97. The van der Waals surface area contributed by atoms with Crippen LogP contribution in [-0.4, -0.2) is 48.2 Å². The highest BCUT2D eigenvalue weighted by molar-refractivity contribution is 7.87. The fourth-order valence-electron chi connectivity index (χ4n) is 3.09. The molecule has 0 unspecified atom stereocenters. The van der Waals surface area contributed by atoms with Crippen LogP contribution in [0.25, 0.3) is 5.65 Å². The van der Waals surface area contributed by atoms with E-state index in [1.165, 1.54) is 11.4 Å². The number of carbonyl (C=O) groups excluding carboxylic acids is 1. The second-order valence-corrected chi connectivity index (χ2v) is 8.10. The summed E-state index contributed by atoms with van der Waals surface area (Å²) in [5.74, 6) is -0.211. The number of hydrogen-bond acceptors (Lipinski definition) is 4. The zero-order valence-corrected chi connectivity index (χ0v) is 15.2. The van der Waals surface area contributed by atoms with Gasteiger partial charge in [0.25, 0.3) is 10.2 Å². The average Bonchev–Trinajstić information content (AvgIpc) is 3.04. The quantitative estimate of drug-likeness (QED) is 0.803. The Morgan fingerprint density at radius 2 is 2.04 bits per heavy atom. The SMILES string of the molecule is CNS(=O)(=O)N1CCC(C(=O)NCc2cn3c(C)cccc3n2)CC1. The first-order valence-corrected chi connectivity index (χ1v) is 9.74. The zero-order chi connectivity index (χ0) is 18.0. The number of aromatic nitrogens is 2. The van der Waals surface area contributed by atoms with Crippen LogP contribution in [0.3, 0.4) is 0 Å². The van der Waals surface area contributed by atoms with Gasteiger partial charge in [-0.3, -0.25) is 4.79 Å². The summed E-state index contributed by atoms with van der Waals surface area (Å²) in [7, 11) is -2.01. The van der Waals surface area contributed by atoms with Crippen molar-refractivity contribution >= 4 is 21.8 Å². The van der Waals surface area contributed by atoms with Crippen LogP contribution in [0, 0.1) is 12.8 Å². The van der Waals surface area contributed by atoms with Crippen molar-refractivity contribution in [3.8, 4) is 0 Å². The van der Waals surface area contributed by atoms with E-state index >= 15 is 0 Å². The zero-order valence-electron chi connectivity index (χ0n) is 14.4. The van der Waals surface area contributed by atoms with Crippen LogP contribution in [0.15, 0.2) is 24.4 Å². The van der Waals surface area contributed by atoms with Gasteiger partial charge >= 0.3 is 0 Å². The maximum atomic E-state index is 12.4. The van der Waals surface area contributed by atoms with Gasteiger partial charge in [0.2, 0.25) is 5.91 Å². The Bertz CT molecular complexity index is 869. The van der Waals surface area contributed by atoms with Crippen molar-refractivity contribution in [2.45, 2.75) is 26.3 Å². The largest absolute Gasteiger partial charge is 0.350 e. The number of carbonyl (C=O) groups is 1. The van der Waals surface area contributed by atoms with E-state index in [0.717, 1.165) is 17.0 Å². The molecule has 2 aromatic rings. The Kier molecular flexibility index (Phi) is 5.07. The Morgan fingerprint density at radius 3 is 2.68 bits per heavy atom. The highest BCUT2D eigenvalue weighted by Gasteiger charge is 2.30. The van der Waals surface area contributed by atoms with E-state index in [1.807, 2.05) is 35.7 Å². The fraction of sp³-hybridized carbons (Fsp3) is 0.500. The molecule has 2 N–H and O–H groups in total. The first kappa shape index (κ1) is 17.8. The van der Waals surface area contributed by atoms with E-state index in [-0.39, 0.29) is 11.8 Å². The molecule has 0 atom stereocenters. The molecule has 0 radical (unpaired) electrons. The lowest BCUT2D eigenvalue weighted by Gasteiger charge is -2.29. The highest BCUT2D eigenvalue weighted by Crippen LogP contribution is 2.19. The number of nitrogens with one attached hydrogen (secondary N) is 2. The smallest absolute Gasteiger partial charge is 0.279 e. The Morgan fingerprint density at radius 1 is 1.32 bits per heavy atom. The maximum Gasteiger partial charge on any atom is 0.279 e. The predicted octanol–water partition coefficient (Wildman–Crippen LogP) is 0.435. The van der Waals surface area contributed by atoms with Gasteiger partial charge in [-0.1, -0.05) is 6.07 Å². The highest BCUT2D eigenvalue weighted by atomic mass is 32.2. The Balaban J connectivity index is 1.55. The van der Waals surface area contributed by atoms with Crippen molar-refractivity contribution in [3.63, 3.8) is 0 Å². The van der Waals surface area contributed by atoms with Crippen molar-refractivity contribution in [2.75, 3.05) is 20.1 Å². The number of imidazole rings is 1. The number of aryl methyl sites for hydroxylation is 1. The monoisotopic (exact) mass is 365 g/mol. The molecule has 1 saturated heterocycles. The van der Waals surface area contributed by atoms with E-state index in [1.54, 1.807) is 0 Å². The molecular formula is C16H23N5O3S. The van der Waals surface area contributed by atoms with E-state index in [4.69, 9.17) is 0 Å². The number of pyridine rings is 1. The molecule has 1 aliphatic heterocycles. The Labute approximate surface area is 147 Å². The van der Waals surface area contributed by atoms with Crippen molar-refractivity contribution in [2.24, 2.45) is 5.92 Å². The van der Waals surface area contributed by atoms with Gasteiger partial charge in [0.05, 0.1) is 12.2 Å². The molecule has 8 nitrogen and oxygen atoms in total. The molecule has 0 aromatic carbocycles. The minimum Gasteiger partial charge on any atom is -0.350 e. The van der Waals surface area contributed by atoms with Crippen molar-refractivity contribution < 1.29 is 13.2 Å². The third kappa shape index (κ3) is 3.83. The summed E-state index contributed by atoms with van der Waals surface area (Å²) < 4.78 is 29.2. The van der Waals surface area contributed by atoms with Gasteiger partial charge in [-0.15, -0.1) is 0 Å². The van der Waals surface area contributed by atoms with Crippen LogP contribution >= 0.6 is 0 Å². The lowest BCUT2D eigenvalue weighted by atomic mass is 9.97. The maximum absolute atomic E-state index is 12.4. The first-order chi connectivity index (χ1) is 11.9. The molecule has 0 saturated carbocycles. The summed E-state index contributed by atoms with van der Waals surface area (Å²) in [6.45, 7) is 3.09. The topological polar surface area (TPSA) is 95.8 Å². The molecule has 0 aliphatic carbocycles. The van der Waals surface area contributed by atoms with Crippen molar-refractivity contribution in [1.29, 1.82) is 0 Å². The third-order valence-electron chi connectivity index (χ3n) is 4.61. The van der Waals surface area contributed by atoms with Gasteiger partial charge in [-0.2, -0.15) is 12.7 Å². The lowest BCUT2D eigenvalue weighted by Crippen LogP contribution is -2.46. The molecule has 9 heteroatoms. The molecule has 3 rings (SSSR count). The number of rotatable bonds is 5. The van der Waals surface area contributed by atoms with Gasteiger partial charge in [-0.05, 0) is 31.9 Å². The molecule has 0 bridgehead atoms. The van der Waals surface area contributed by atoms with Gasteiger partial charge in [0.1, 0.15) is 5.65 Å². The van der Waals surface area contributed by atoms with Crippen molar-refractivity contribution in [3.05, 3.63) is 35.8 Å². The summed E-state index contributed by atoms with van der Waals surface area (Å²) in [6, 6.07) is 5.88. The predicted molar refractivity (Wildman–Crippen MR) is 94.1 cm³/mol. The third-order valence-corrected chi connectivity index (χ3v) is 6.17. The van der Waals surface area contributed by atoms with E-state index in [9.17, 15) is 13.2 Å². The number of nitrogens with zero attached hydrogens (tertiary/aromatic N) is 3. The average molecular weight is 365 g/mol. The number of piperidine rings is 1. The lowest BCUT2D eigenvalue weighted by molar-refractivity contribution is -0.126. The standard InChI is InChI=1S/C16H23N5O3S/c1-12-4-3-5-15-19-14(11-21(12)15)10-18-16(22)13-6-8-20(9-7-13)25(23,24)17-2/h3-5,11,13,17H,6-10H2,1-2H3,(H,18,22). The second kappa shape index (κ2) is 7.11. The van der Waals surface area contributed by atoms with Crippen molar-refractivity contribution in [1.82, 2.24) is 23.7 Å². The van der Waals surface area contributed by atoms with E-state index in [0.29, 0.717) is 32.5 Å². The fourth-order valence-corrected chi connectivity index (χ4v) is 4.04. The molecule has 1 amide bonds. The molecule has 0 spiro atoms. The van der Waals surface area contributed by atoms with Gasteiger partial charge in [-0.25, -0.2) is 9.71 Å². The molecule has 3 heterocycles. The summed E-state index contributed by atoms with van der Waals surface area (Å²) in [5, 5.41) is 2.92. The number of amides is 1. The number of hydrogen-bond donors (Lipinski definition) is 2. The molecule has 136 valence electrons. The number of fused-ring (bicyclic) bond motifs is 1. The molecular weight excluding hydrogens is 342 g/mol. The van der Waals surface area contributed by atoms with Crippen LogP contribution < -0.4 is 10.0 Å². The Hall–Kier alpha value is -1.97.